The van der Waals surface area contributed by atoms with Gasteiger partial charge >= 0.3 is 7.12 Å². The van der Waals surface area contributed by atoms with E-state index in [4.69, 9.17) is 9.31 Å². The molecule has 0 radical (unpaired) electrons. The highest BCUT2D eigenvalue weighted by molar-refractivity contribution is 7.81. The molecule has 25 heavy (non-hydrogen) atoms. The van der Waals surface area contributed by atoms with E-state index in [-0.39, 0.29) is 0 Å². The van der Waals surface area contributed by atoms with E-state index < -0.39 is 25.5 Å². The summed E-state index contributed by atoms with van der Waals surface area (Å²) < 4.78 is 25.9. The molecule has 1 aliphatic rings. The van der Waals surface area contributed by atoms with Gasteiger partial charge in [-0.3, -0.25) is 0 Å². The molecular formula is C20H24BO3P. The standard InChI is InChI=1S/C20H24BO3P/c1-19(2)20(3,4)24-21(23-19)15-16-25(22,17-11-7-5-8-12-17)18-13-9-6-10-14-18/h5-16H,1-4H3/b16-15+. The minimum Gasteiger partial charge on any atom is -0.400 e. The lowest BCUT2D eigenvalue weighted by Gasteiger charge is -2.32. The molecule has 130 valence electrons. The Kier molecular flexibility index (Phi) is 4.81. The van der Waals surface area contributed by atoms with Crippen molar-refractivity contribution in [1.82, 2.24) is 0 Å². The van der Waals surface area contributed by atoms with Crippen molar-refractivity contribution >= 4 is 24.9 Å². The lowest BCUT2D eigenvalue weighted by molar-refractivity contribution is 0.00578. The number of hydrogen-bond acceptors (Lipinski definition) is 3. The summed E-state index contributed by atoms with van der Waals surface area (Å²) in [7, 11) is -3.41. The van der Waals surface area contributed by atoms with Crippen molar-refractivity contribution in [1.29, 1.82) is 0 Å². The highest BCUT2D eigenvalue weighted by Gasteiger charge is 2.50. The van der Waals surface area contributed by atoms with Gasteiger partial charge in [0, 0.05) is 10.6 Å². The zero-order chi connectivity index (χ0) is 18.1. The molecule has 0 saturated carbocycles. The predicted octanol–water partition coefficient (Wildman–Crippen LogP) is 4.15. The molecule has 0 amide bonds. The van der Waals surface area contributed by atoms with Crippen LogP contribution in [0.2, 0.25) is 0 Å². The van der Waals surface area contributed by atoms with Crippen LogP contribution in [-0.4, -0.2) is 18.3 Å². The molecule has 0 aliphatic carbocycles. The molecule has 0 spiro atoms. The van der Waals surface area contributed by atoms with Crippen LogP contribution >= 0.6 is 7.14 Å². The number of hydrogen-bond donors (Lipinski definition) is 0. The first-order valence-electron chi connectivity index (χ1n) is 8.51. The van der Waals surface area contributed by atoms with E-state index in [1.807, 2.05) is 88.4 Å². The van der Waals surface area contributed by atoms with Gasteiger partial charge in [-0.15, -0.1) is 0 Å². The molecule has 0 aromatic heterocycles. The smallest absolute Gasteiger partial charge is 0.400 e. The first-order valence-corrected chi connectivity index (χ1v) is 10.3. The van der Waals surface area contributed by atoms with E-state index in [1.54, 1.807) is 11.8 Å². The second-order valence-electron chi connectivity index (χ2n) is 7.30. The molecule has 3 nitrogen and oxygen atoms in total. The third kappa shape index (κ3) is 3.53. The van der Waals surface area contributed by atoms with Crippen LogP contribution in [0.4, 0.5) is 0 Å². The van der Waals surface area contributed by atoms with Gasteiger partial charge < -0.3 is 13.9 Å². The van der Waals surface area contributed by atoms with Gasteiger partial charge in [-0.1, -0.05) is 66.6 Å². The van der Waals surface area contributed by atoms with Gasteiger partial charge in [0.05, 0.1) is 11.2 Å². The summed E-state index contributed by atoms with van der Waals surface area (Å²) in [6, 6.07) is 19.1. The Bertz CT molecular complexity index is 741. The highest BCUT2D eigenvalue weighted by atomic mass is 31.2. The van der Waals surface area contributed by atoms with Crippen LogP contribution in [0.15, 0.2) is 72.5 Å². The quantitative estimate of drug-likeness (QED) is 0.611. The maximum Gasteiger partial charge on any atom is 0.487 e. The van der Waals surface area contributed by atoms with E-state index >= 15 is 0 Å². The van der Waals surface area contributed by atoms with Crippen molar-refractivity contribution in [2.24, 2.45) is 0 Å². The topological polar surface area (TPSA) is 35.5 Å². The van der Waals surface area contributed by atoms with Crippen LogP contribution < -0.4 is 10.6 Å². The van der Waals surface area contributed by atoms with Gasteiger partial charge in [0.25, 0.3) is 0 Å². The van der Waals surface area contributed by atoms with Crippen molar-refractivity contribution in [2.75, 3.05) is 0 Å². The molecule has 2 aromatic rings. The van der Waals surface area contributed by atoms with E-state index in [0.29, 0.717) is 0 Å². The minimum absolute atomic E-state index is 0.411. The SMILES string of the molecule is CC1(C)OB(/C=C/P(=O)(c2ccccc2)c2ccccc2)OC1(C)C. The predicted molar refractivity (Wildman–Crippen MR) is 105 cm³/mol. The molecule has 5 heteroatoms. The third-order valence-corrected chi connectivity index (χ3v) is 7.73. The molecule has 1 aliphatic heterocycles. The first kappa shape index (κ1) is 18.2. The van der Waals surface area contributed by atoms with Crippen molar-refractivity contribution in [2.45, 2.75) is 38.9 Å². The molecule has 0 unspecified atom stereocenters. The fraction of sp³-hybridized carbons (Fsp3) is 0.300. The van der Waals surface area contributed by atoms with Gasteiger partial charge in [0.15, 0.2) is 7.14 Å². The van der Waals surface area contributed by atoms with Crippen LogP contribution in [0, 0.1) is 0 Å². The van der Waals surface area contributed by atoms with Crippen LogP contribution in [0.5, 0.6) is 0 Å². The summed E-state index contributed by atoms with van der Waals surface area (Å²) in [6.45, 7) is 8.04. The average Bonchev–Trinajstić information content (AvgIpc) is 2.81. The lowest BCUT2D eigenvalue weighted by atomic mass is 9.90. The molecular weight excluding hydrogens is 330 g/mol. The largest absolute Gasteiger partial charge is 0.487 e. The molecule has 1 saturated heterocycles. The summed E-state index contributed by atoms with van der Waals surface area (Å²) in [5.74, 6) is 3.55. The molecule has 0 N–H and O–H groups in total. The summed E-state index contributed by atoms with van der Waals surface area (Å²) in [5, 5.41) is 1.60. The van der Waals surface area contributed by atoms with Crippen LogP contribution in [0.3, 0.4) is 0 Å². The van der Waals surface area contributed by atoms with Gasteiger partial charge in [0.2, 0.25) is 0 Å². The van der Waals surface area contributed by atoms with E-state index in [1.165, 1.54) is 0 Å². The highest BCUT2D eigenvalue weighted by Crippen LogP contribution is 2.46. The average molecular weight is 354 g/mol. The zero-order valence-electron chi connectivity index (χ0n) is 15.2. The molecule has 2 aromatic carbocycles. The fourth-order valence-corrected chi connectivity index (χ4v) is 5.03. The lowest BCUT2D eigenvalue weighted by Crippen LogP contribution is -2.41. The second-order valence-corrected chi connectivity index (χ2v) is 9.94. The summed E-state index contributed by atoms with van der Waals surface area (Å²) in [5.41, 5.74) is -0.822. The molecule has 0 atom stereocenters. The third-order valence-electron chi connectivity index (χ3n) is 5.00. The fourth-order valence-electron chi connectivity index (χ4n) is 2.78. The van der Waals surface area contributed by atoms with Crippen molar-refractivity contribution in [3.05, 3.63) is 72.5 Å². The van der Waals surface area contributed by atoms with Crippen LogP contribution in [0.1, 0.15) is 27.7 Å². The van der Waals surface area contributed by atoms with Crippen LogP contribution in [-0.2, 0) is 13.9 Å². The Morgan fingerprint density at radius 1 is 0.800 bits per heavy atom. The van der Waals surface area contributed by atoms with Gasteiger partial charge in [0.1, 0.15) is 0 Å². The van der Waals surface area contributed by atoms with Gasteiger partial charge in [-0.2, -0.15) is 0 Å². The molecule has 1 heterocycles. The molecule has 0 bridgehead atoms. The Morgan fingerprint density at radius 3 is 1.60 bits per heavy atom. The Morgan fingerprint density at radius 2 is 1.20 bits per heavy atom. The zero-order valence-corrected chi connectivity index (χ0v) is 16.1. The van der Waals surface area contributed by atoms with Gasteiger partial charge in [-0.25, -0.2) is 0 Å². The number of benzene rings is 2. The van der Waals surface area contributed by atoms with Crippen molar-refractivity contribution in [3.63, 3.8) is 0 Å². The van der Waals surface area contributed by atoms with Crippen molar-refractivity contribution in [3.8, 4) is 0 Å². The summed E-state index contributed by atoms with van der Waals surface area (Å²) in [4.78, 5) is 0. The van der Waals surface area contributed by atoms with Crippen LogP contribution in [0.25, 0.3) is 0 Å². The monoisotopic (exact) mass is 354 g/mol. The Hall–Kier alpha value is -1.61. The van der Waals surface area contributed by atoms with E-state index in [9.17, 15) is 4.57 Å². The maximum absolute atomic E-state index is 13.9. The second kappa shape index (κ2) is 6.61. The molecule has 3 rings (SSSR count). The van der Waals surface area contributed by atoms with E-state index in [0.717, 1.165) is 10.6 Å². The maximum atomic E-state index is 13.9. The van der Waals surface area contributed by atoms with E-state index in [2.05, 4.69) is 0 Å². The summed E-state index contributed by atoms with van der Waals surface area (Å²) in [6.07, 6.45) is 0. The van der Waals surface area contributed by atoms with Crippen molar-refractivity contribution < 1.29 is 13.9 Å². The first-order chi connectivity index (χ1) is 11.7. The Balaban J connectivity index is 1.97. The summed E-state index contributed by atoms with van der Waals surface area (Å²) >= 11 is 0. The Labute approximate surface area is 150 Å². The molecule has 1 fully saturated rings. The number of rotatable bonds is 4. The van der Waals surface area contributed by atoms with Gasteiger partial charge in [-0.05, 0) is 33.5 Å². The normalized spacial score (nSPS) is 19.4. The minimum atomic E-state index is -2.90.